The van der Waals surface area contributed by atoms with Crippen LogP contribution >= 0.6 is 0 Å². The summed E-state index contributed by atoms with van der Waals surface area (Å²) in [6.07, 6.45) is 6.05. The summed E-state index contributed by atoms with van der Waals surface area (Å²) in [5, 5.41) is 10.9. The molecule has 3 N–H and O–H groups in total. The molecule has 2 fully saturated rings. The summed E-state index contributed by atoms with van der Waals surface area (Å²) in [6, 6.07) is 12.2. The van der Waals surface area contributed by atoms with E-state index in [1.54, 1.807) is 36.4 Å². The van der Waals surface area contributed by atoms with Crippen LogP contribution < -0.4 is 30.3 Å². The van der Waals surface area contributed by atoms with Gasteiger partial charge in [-0.05, 0) is 57.0 Å². The number of benzene rings is 2. The molecule has 2 saturated heterocycles. The van der Waals surface area contributed by atoms with Gasteiger partial charge >= 0.3 is 0 Å². The lowest BCUT2D eigenvalue weighted by molar-refractivity contribution is -0.126. The largest absolute Gasteiger partial charge is 0.495 e. The number of halogens is 1. The van der Waals surface area contributed by atoms with Gasteiger partial charge < -0.3 is 35.2 Å². The number of piperidine rings is 1. The third-order valence-corrected chi connectivity index (χ3v) is 8.34. The summed E-state index contributed by atoms with van der Waals surface area (Å²) in [7, 11) is 1.61. The summed E-state index contributed by atoms with van der Waals surface area (Å²) in [5.74, 6) is 2.31. The van der Waals surface area contributed by atoms with Crippen molar-refractivity contribution in [2.24, 2.45) is 0 Å². The normalized spacial score (nSPS) is 16.6. The Bertz CT molecular complexity index is 1740. The van der Waals surface area contributed by atoms with E-state index < -0.39 is 5.82 Å². The van der Waals surface area contributed by atoms with Crippen molar-refractivity contribution in [3.05, 3.63) is 73.5 Å². The number of aromatic nitrogens is 3. The molecule has 2 aromatic carbocycles. The van der Waals surface area contributed by atoms with Crippen LogP contribution in [0.5, 0.6) is 17.2 Å². The van der Waals surface area contributed by atoms with Gasteiger partial charge in [0.25, 0.3) is 0 Å². The van der Waals surface area contributed by atoms with Crippen molar-refractivity contribution >= 4 is 39.8 Å². The molecule has 2 aromatic heterocycles. The third kappa shape index (κ3) is 6.96. The van der Waals surface area contributed by atoms with Crippen LogP contribution in [0.1, 0.15) is 26.7 Å². The van der Waals surface area contributed by atoms with E-state index in [0.717, 1.165) is 44.0 Å². The number of carbonyl (C=O) groups excluding carboxylic acids is 1. The molecule has 0 unspecified atom stereocenters. The molecule has 4 heterocycles. The van der Waals surface area contributed by atoms with Gasteiger partial charge in [-0.3, -0.25) is 4.79 Å². The van der Waals surface area contributed by atoms with Gasteiger partial charge in [-0.1, -0.05) is 6.58 Å². The molecule has 2 aliphatic rings. The zero-order valence-electron chi connectivity index (χ0n) is 26.3. The number of piperazine rings is 1. The Morgan fingerprint density at radius 2 is 1.87 bits per heavy atom. The highest BCUT2D eigenvalue weighted by molar-refractivity contribution is 5.95. The van der Waals surface area contributed by atoms with E-state index in [1.165, 1.54) is 18.5 Å². The molecule has 0 spiro atoms. The molecule has 0 bridgehead atoms. The van der Waals surface area contributed by atoms with E-state index in [4.69, 9.17) is 9.47 Å². The Morgan fingerprint density at radius 1 is 1.07 bits per heavy atom. The number of amides is 1. The van der Waals surface area contributed by atoms with Gasteiger partial charge in [0.15, 0.2) is 0 Å². The Balaban J connectivity index is 1.18. The van der Waals surface area contributed by atoms with Gasteiger partial charge in [0.1, 0.15) is 41.0 Å². The summed E-state index contributed by atoms with van der Waals surface area (Å²) < 4.78 is 27.1. The number of likely N-dealkylation sites (tertiary alicyclic amines) is 1. The molecule has 11 nitrogen and oxygen atoms in total. The van der Waals surface area contributed by atoms with Crippen molar-refractivity contribution in [3.8, 4) is 17.2 Å². The number of hydrogen-bond acceptors (Lipinski definition) is 10. The number of nitrogens with one attached hydrogen (secondary N) is 3. The Kier molecular flexibility index (Phi) is 8.89. The van der Waals surface area contributed by atoms with Crippen molar-refractivity contribution in [1.29, 1.82) is 0 Å². The molecule has 0 aliphatic carbocycles. The smallest absolute Gasteiger partial charge is 0.245 e. The van der Waals surface area contributed by atoms with E-state index in [2.05, 4.69) is 56.2 Å². The van der Waals surface area contributed by atoms with Gasteiger partial charge in [-0.2, -0.15) is 0 Å². The first-order valence-corrected chi connectivity index (χ1v) is 15.4. The first-order chi connectivity index (χ1) is 22.2. The molecule has 0 saturated carbocycles. The third-order valence-electron chi connectivity index (χ3n) is 8.34. The second kappa shape index (κ2) is 13.2. The van der Waals surface area contributed by atoms with Crippen molar-refractivity contribution in [1.82, 2.24) is 25.2 Å². The topological polar surface area (TPSA) is 117 Å². The van der Waals surface area contributed by atoms with Crippen LogP contribution in [0.3, 0.4) is 0 Å². The summed E-state index contributed by atoms with van der Waals surface area (Å²) in [5.41, 5.74) is 1.64. The zero-order valence-corrected chi connectivity index (χ0v) is 26.3. The minimum atomic E-state index is -0.491. The van der Waals surface area contributed by atoms with E-state index in [9.17, 15) is 4.79 Å². The second-order valence-corrected chi connectivity index (χ2v) is 12.2. The van der Waals surface area contributed by atoms with Crippen LogP contribution in [0.25, 0.3) is 10.9 Å². The molecule has 0 radical (unpaired) electrons. The standard InChI is InChI=1S/C34H39FN8O3/c1-5-32(44)42-13-9-22(10-14-42)40-29-18-25-28(19-30(29)45-4)37-21-38-33(25)41-27-7-6-23(16-26(27)35)46-24-8-11-36-31(17-24)43-15-12-39-34(2,3)20-43/h5-8,11,16-19,21-22,39-40H,1,9-10,12-15,20H2,2-4H3,(H,37,38,41). The van der Waals surface area contributed by atoms with E-state index >= 15 is 4.39 Å². The number of ether oxygens (including phenoxy) is 2. The van der Waals surface area contributed by atoms with Crippen LogP contribution in [0, 0.1) is 5.82 Å². The van der Waals surface area contributed by atoms with Crippen LogP contribution in [0.2, 0.25) is 0 Å². The SMILES string of the molecule is C=CC(=O)N1CCC(Nc2cc3c(Nc4ccc(Oc5ccnc(N6CCNC(C)(C)C6)c5)cc4F)ncnc3cc2OC)CC1. The molecule has 4 aromatic rings. The minimum Gasteiger partial charge on any atom is -0.495 e. The number of methoxy groups -OCH3 is 1. The van der Waals surface area contributed by atoms with Crippen LogP contribution in [0.15, 0.2) is 67.6 Å². The number of hydrogen-bond donors (Lipinski definition) is 3. The number of anilines is 4. The highest BCUT2D eigenvalue weighted by Crippen LogP contribution is 2.35. The molecule has 12 heteroatoms. The first-order valence-electron chi connectivity index (χ1n) is 15.4. The van der Waals surface area contributed by atoms with E-state index in [0.29, 0.717) is 47.1 Å². The van der Waals surface area contributed by atoms with Gasteiger partial charge in [0.2, 0.25) is 5.91 Å². The lowest BCUT2D eigenvalue weighted by Gasteiger charge is -2.39. The minimum absolute atomic E-state index is 0.0200. The first kappa shape index (κ1) is 31.0. The zero-order chi connectivity index (χ0) is 32.3. The number of fused-ring (bicyclic) bond motifs is 1. The number of pyridine rings is 1. The Morgan fingerprint density at radius 3 is 2.61 bits per heavy atom. The van der Waals surface area contributed by atoms with Crippen molar-refractivity contribution < 1.29 is 18.7 Å². The molecule has 240 valence electrons. The average Bonchev–Trinajstić information content (AvgIpc) is 3.05. The molecular weight excluding hydrogens is 587 g/mol. The molecule has 46 heavy (non-hydrogen) atoms. The van der Waals surface area contributed by atoms with E-state index in [1.807, 2.05) is 18.2 Å². The van der Waals surface area contributed by atoms with Gasteiger partial charge in [0, 0.05) is 74.1 Å². The Hall–Kier alpha value is -4.97. The van der Waals surface area contributed by atoms with Crippen molar-refractivity contribution in [3.63, 3.8) is 0 Å². The predicted octanol–water partition coefficient (Wildman–Crippen LogP) is 5.49. The van der Waals surface area contributed by atoms with Gasteiger partial charge in [0.05, 0.1) is 24.0 Å². The fraction of sp³-hybridized carbons (Fsp3) is 0.353. The van der Waals surface area contributed by atoms with Gasteiger partial charge in [-0.25, -0.2) is 19.3 Å². The number of nitrogens with zero attached hydrogens (tertiary/aromatic N) is 5. The molecule has 0 atom stereocenters. The lowest BCUT2D eigenvalue weighted by atomic mass is 10.0. The monoisotopic (exact) mass is 626 g/mol. The summed E-state index contributed by atoms with van der Waals surface area (Å²) in [6.45, 7) is 11.7. The fourth-order valence-electron chi connectivity index (χ4n) is 5.96. The molecular formula is C34H39FN8O3. The predicted molar refractivity (Wildman–Crippen MR) is 178 cm³/mol. The summed E-state index contributed by atoms with van der Waals surface area (Å²) in [4.78, 5) is 29.4. The number of carbonyl (C=O) groups is 1. The summed E-state index contributed by atoms with van der Waals surface area (Å²) >= 11 is 0. The highest BCUT2D eigenvalue weighted by Gasteiger charge is 2.27. The van der Waals surface area contributed by atoms with Crippen LogP contribution in [0.4, 0.5) is 27.4 Å². The molecule has 6 rings (SSSR count). The maximum atomic E-state index is 15.4. The average molecular weight is 627 g/mol. The number of rotatable bonds is 9. The maximum absolute atomic E-state index is 15.4. The van der Waals surface area contributed by atoms with Crippen molar-refractivity contribution in [2.45, 2.75) is 38.3 Å². The van der Waals surface area contributed by atoms with Crippen molar-refractivity contribution in [2.75, 3.05) is 55.4 Å². The fourth-order valence-corrected chi connectivity index (χ4v) is 5.96. The van der Waals surface area contributed by atoms with Crippen LogP contribution in [-0.2, 0) is 4.79 Å². The maximum Gasteiger partial charge on any atom is 0.245 e. The second-order valence-electron chi connectivity index (χ2n) is 12.2. The highest BCUT2D eigenvalue weighted by atomic mass is 19.1. The van der Waals surface area contributed by atoms with Crippen LogP contribution in [-0.4, -0.2) is 77.2 Å². The Labute approximate surface area is 267 Å². The quantitative estimate of drug-likeness (QED) is 0.206. The molecule has 2 aliphatic heterocycles. The lowest BCUT2D eigenvalue weighted by Crippen LogP contribution is -2.57. The van der Waals surface area contributed by atoms with Gasteiger partial charge in [-0.15, -0.1) is 0 Å². The molecule has 1 amide bonds. The van der Waals surface area contributed by atoms with E-state index in [-0.39, 0.29) is 23.2 Å².